The predicted molar refractivity (Wildman–Crippen MR) is 181 cm³/mol. The Morgan fingerprint density at radius 3 is 2.36 bits per heavy atom. The molecule has 4 aliphatic rings. The first-order chi connectivity index (χ1) is 22.8. The summed E-state index contributed by atoms with van der Waals surface area (Å²) in [5, 5.41) is 36.2. The Balaban J connectivity index is 1.32. The van der Waals surface area contributed by atoms with Crippen molar-refractivity contribution in [3.63, 3.8) is 0 Å². The maximum absolute atomic E-state index is 13.0. The number of aromatic nitrogens is 4. The monoisotopic (exact) mass is 631 g/mol. The van der Waals surface area contributed by atoms with Crippen molar-refractivity contribution in [2.24, 2.45) is 5.92 Å². The van der Waals surface area contributed by atoms with Gasteiger partial charge in [0.1, 0.15) is 6.04 Å². The molecule has 1 saturated heterocycles. The first-order valence-corrected chi connectivity index (χ1v) is 17.2. The highest BCUT2D eigenvalue weighted by atomic mass is 16.1. The van der Waals surface area contributed by atoms with E-state index in [1.54, 1.807) is 0 Å². The van der Waals surface area contributed by atoms with Crippen molar-refractivity contribution in [2.75, 3.05) is 19.6 Å². The summed E-state index contributed by atoms with van der Waals surface area (Å²) in [6.45, 7) is 14.8. The van der Waals surface area contributed by atoms with Crippen LogP contribution in [0.2, 0.25) is 0 Å². The second-order valence-electron chi connectivity index (χ2n) is 13.8. The van der Waals surface area contributed by atoms with Gasteiger partial charge in [-0.3, -0.25) is 4.79 Å². The highest BCUT2D eigenvalue weighted by Crippen LogP contribution is 2.53. The van der Waals surface area contributed by atoms with E-state index >= 15 is 0 Å². The molecule has 3 aliphatic carbocycles. The van der Waals surface area contributed by atoms with Gasteiger partial charge in [0.15, 0.2) is 5.82 Å². The number of piperidine rings is 1. The van der Waals surface area contributed by atoms with Crippen molar-refractivity contribution in [3.05, 3.63) is 94.5 Å². The third-order valence-corrected chi connectivity index (χ3v) is 11.1. The number of aryl methyl sites for hydroxylation is 2. The molecule has 1 aromatic heterocycles. The van der Waals surface area contributed by atoms with Gasteiger partial charge < -0.3 is 20.9 Å². The number of rotatable bonds is 12. The van der Waals surface area contributed by atoms with Crippen LogP contribution in [0.25, 0.3) is 5.70 Å². The molecule has 0 bridgehead atoms. The van der Waals surface area contributed by atoms with Gasteiger partial charge in [0, 0.05) is 48.2 Å². The van der Waals surface area contributed by atoms with Crippen molar-refractivity contribution in [2.45, 2.75) is 88.3 Å². The summed E-state index contributed by atoms with van der Waals surface area (Å²) in [6, 6.07) is 15.7. The van der Waals surface area contributed by atoms with E-state index in [-0.39, 0.29) is 17.5 Å². The number of carbonyl (C=O) groups is 1. The summed E-state index contributed by atoms with van der Waals surface area (Å²) in [5.74, 6) is 1.26. The molecule has 1 amide bonds. The third kappa shape index (κ3) is 5.40. The second kappa shape index (κ2) is 12.3. The fourth-order valence-corrected chi connectivity index (χ4v) is 8.56. The first kappa shape index (κ1) is 31.1. The van der Waals surface area contributed by atoms with E-state index in [1.165, 1.54) is 11.1 Å². The fraction of sp³-hybridized carbons (Fsp3) is 0.486. The van der Waals surface area contributed by atoms with Crippen LogP contribution in [0.3, 0.4) is 0 Å². The lowest BCUT2D eigenvalue weighted by molar-refractivity contribution is 0.0955. The standard InChI is InChI=1S/C37H45N9O/c1-5-39-24(4)25-10-12-31-26(16-25)8-9-27-17-28(34(47)40-6-2)11-13-32(27)37(31,35-42-44-45-43-35)22-36(14-7-15-36)41-21-23(3)46-30(20-38)18-29-19-33(29)46/h10-13,16-17,29-30,33,39,41H,3-9,14-15,18-19,21-22H2,1-2H3,(H,40,47)(H,42,43,44,45)/t29-,30?,33?,37?/m1/s1. The zero-order valence-electron chi connectivity index (χ0n) is 27.5. The van der Waals surface area contributed by atoms with E-state index in [1.807, 2.05) is 13.0 Å². The van der Waals surface area contributed by atoms with Crippen LogP contribution >= 0.6 is 0 Å². The van der Waals surface area contributed by atoms with Crippen molar-refractivity contribution in [1.82, 2.24) is 41.5 Å². The summed E-state index contributed by atoms with van der Waals surface area (Å²) < 4.78 is 0. The number of hydrogen-bond donors (Lipinski definition) is 4. The van der Waals surface area contributed by atoms with Crippen molar-refractivity contribution < 1.29 is 4.79 Å². The van der Waals surface area contributed by atoms with Crippen LogP contribution in [0.1, 0.15) is 96.4 Å². The number of benzene rings is 2. The number of likely N-dealkylation sites (tertiary alicyclic amines) is 1. The molecule has 10 heteroatoms. The molecule has 2 aromatic carbocycles. The molecule has 10 nitrogen and oxygen atoms in total. The van der Waals surface area contributed by atoms with Crippen LogP contribution in [-0.4, -0.2) is 68.7 Å². The van der Waals surface area contributed by atoms with E-state index < -0.39 is 5.41 Å². The Hall–Kier alpha value is -4.49. The van der Waals surface area contributed by atoms with E-state index in [2.05, 4.69) is 98.0 Å². The highest BCUT2D eigenvalue weighted by molar-refractivity contribution is 5.94. The molecular weight excluding hydrogens is 586 g/mol. The molecule has 0 spiro atoms. The van der Waals surface area contributed by atoms with E-state index in [0.717, 1.165) is 86.0 Å². The van der Waals surface area contributed by atoms with Crippen LogP contribution < -0.4 is 16.0 Å². The van der Waals surface area contributed by atoms with Crippen LogP contribution in [0.15, 0.2) is 55.3 Å². The van der Waals surface area contributed by atoms with Gasteiger partial charge in [0.05, 0.1) is 11.5 Å². The van der Waals surface area contributed by atoms with Gasteiger partial charge in [-0.05, 0) is 128 Å². The summed E-state index contributed by atoms with van der Waals surface area (Å²) in [7, 11) is 0. The summed E-state index contributed by atoms with van der Waals surface area (Å²) >= 11 is 0. The van der Waals surface area contributed by atoms with Crippen LogP contribution in [0.5, 0.6) is 0 Å². The first-order valence-electron chi connectivity index (χ1n) is 17.2. The molecule has 4 N–H and O–H groups in total. The largest absolute Gasteiger partial charge is 0.385 e. The van der Waals surface area contributed by atoms with Crippen LogP contribution in [0.4, 0.5) is 0 Å². The lowest BCUT2D eigenvalue weighted by atomic mass is 9.60. The molecule has 47 heavy (non-hydrogen) atoms. The molecule has 3 fully saturated rings. The number of fused-ring (bicyclic) bond motifs is 3. The van der Waals surface area contributed by atoms with E-state index in [4.69, 9.17) is 0 Å². The molecule has 1 aliphatic heterocycles. The molecule has 4 atom stereocenters. The van der Waals surface area contributed by atoms with Crippen LogP contribution in [-0.2, 0) is 18.3 Å². The molecule has 244 valence electrons. The minimum absolute atomic E-state index is 0.0700. The third-order valence-electron chi connectivity index (χ3n) is 11.1. The number of carbonyl (C=O) groups excluding carboxylic acids is 1. The molecule has 2 heterocycles. The fourth-order valence-electron chi connectivity index (χ4n) is 8.56. The molecule has 7 rings (SSSR count). The molecule has 3 aromatic rings. The van der Waals surface area contributed by atoms with Gasteiger partial charge in [-0.2, -0.15) is 5.26 Å². The Bertz CT molecular complexity index is 1660. The molecule has 2 saturated carbocycles. The smallest absolute Gasteiger partial charge is 0.251 e. The maximum atomic E-state index is 13.0. The molecule has 3 unspecified atom stereocenters. The van der Waals surface area contributed by atoms with Gasteiger partial charge >= 0.3 is 0 Å². The van der Waals surface area contributed by atoms with Crippen LogP contribution in [0, 0.1) is 17.2 Å². The number of nitrogens with zero attached hydrogens (tertiary/aromatic N) is 5. The Kier molecular flexibility index (Phi) is 8.13. The van der Waals surface area contributed by atoms with E-state index in [9.17, 15) is 10.1 Å². The second-order valence-corrected chi connectivity index (χ2v) is 13.8. The quantitative estimate of drug-likeness (QED) is 0.232. The molecule has 0 radical (unpaired) electrons. The number of tetrazole rings is 1. The number of aromatic amines is 1. The van der Waals surface area contributed by atoms with E-state index in [0.29, 0.717) is 36.4 Å². The van der Waals surface area contributed by atoms with Gasteiger partial charge in [-0.25, -0.2) is 5.10 Å². The maximum Gasteiger partial charge on any atom is 0.251 e. The number of nitrogens with one attached hydrogen (secondary N) is 4. The summed E-state index contributed by atoms with van der Waals surface area (Å²) in [5.41, 5.74) is 7.35. The normalized spacial score (nSPS) is 24.9. The zero-order valence-corrected chi connectivity index (χ0v) is 27.5. The Labute approximate surface area is 277 Å². The van der Waals surface area contributed by atoms with Gasteiger partial charge in [0.25, 0.3) is 5.91 Å². The SMILES string of the molecule is C=C(NCC)c1ccc2c(c1)CCc1cc(C(=O)NCC)ccc1C2(CC1(NCC(=C)N2C(C#N)C[C@@H]3CC32)CCC1)c1nnn[nH]1. The Morgan fingerprint density at radius 2 is 1.74 bits per heavy atom. The minimum atomic E-state index is -0.707. The Morgan fingerprint density at radius 1 is 1.04 bits per heavy atom. The van der Waals surface area contributed by atoms with Crippen molar-refractivity contribution >= 4 is 11.6 Å². The number of amides is 1. The number of H-pyrrole nitrogens is 1. The van der Waals surface area contributed by atoms with Gasteiger partial charge in [-0.1, -0.05) is 31.4 Å². The van der Waals surface area contributed by atoms with Crippen molar-refractivity contribution in [1.29, 1.82) is 5.26 Å². The lowest BCUT2D eigenvalue weighted by Crippen LogP contribution is -2.57. The predicted octanol–water partition coefficient (Wildman–Crippen LogP) is 4.37. The highest BCUT2D eigenvalue weighted by Gasteiger charge is 2.54. The average Bonchev–Trinajstić information content (AvgIpc) is 3.44. The summed E-state index contributed by atoms with van der Waals surface area (Å²) in [4.78, 5) is 15.3. The minimum Gasteiger partial charge on any atom is -0.385 e. The lowest BCUT2D eigenvalue weighted by Gasteiger charge is -2.50. The zero-order chi connectivity index (χ0) is 32.8. The number of hydrogen-bond acceptors (Lipinski definition) is 8. The topological polar surface area (TPSA) is 135 Å². The average molecular weight is 632 g/mol. The van der Waals surface area contributed by atoms with Gasteiger partial charge in [0.2, 0.25) is 0 Å². The number of nitriles is 1. The van der Waals surface area contributed by atoms with Crippen molar-refractivity contribution in [3.8, 4) is 6.07 Å². The van der Waals surface area contributed by atoms with Gasteiger partial charge in [-0.15, -0.1) is 5.10 Å². The molecular formula is C37H45N9O. The summed E-state index contributed by atoms with van der Waals surface area (Å²) in [6.07, 6.45) is 7.56.